The van der Waals surface area contributed by atoms with E-state index in [-0.39, 0.29) is 24.0 Å². The largest absolute Gasteiger partial charge is 0.497 e. The summed E-state index contributed by atoms with van der Waals surface area (Å²) in [6.45, 7) is 5.40. The second-order valence-corrected chi connectivity index (χ2v) is 6.20. The van der Waals surface area contributed by atoms with Crippen LogP contribution in [0.3, 0.4) is 0 Å². The molecule has 146 valence electrons. The van der Waals surface area contributed by atoms with Crippen LogP contribution >= 0.6 is 12.2 Å². The van der Waals surface area contributed by atoms with Gasteiger partial charge in [-0.1, -0.05) is 6.92 Å². The van der Waals surface area contributed by atoms with Gasteiger partial charge in [0, 0.05) is 17.7 Å². The zero-order valence-electron chi connectivity index (χ0n) is 16.1. The minimum atomic E-state index is -0.782. The van der Waals surface area contributed by atoms with Crippen LogP contribution in [0.2, 0.25) is 0 Å². The van der Waals surface area contributed by atoms with Crippen molar-refractivity contribution in [3.8, 4) is 11.5 Å². The van der Waals surface area contributed by atoms with Gasteiger partial charge in [0.1, 0.15) is 17.5 Å². The number of carbonyl (C=O) groups excluding carboxylic acids is 2. The molecule has 0 radical (unpaired) electrons. The molecule has 1 atom stereocenters. The molecule has 8 heteroatoms. The molecule has 27 heavy (non-hydrogen) atoms. The van der Waals surface area contributed by atoms with E-state index >= 15 is 0 Å². The van der Waals surface area contributed by atoms with Gasteiger partial charge >= 0.3 is 5.97 Å². The van der Waals surface area contributed by atoms with Crippen molar-refractivity contribution in [3.05, 3.63) is 35.0 Å². The highest BCUT2D eigenvalue weighted by Crippen LogP contribution is 2.40. The third kappa shape index (κ3) is 4.05. The number of rotatable bonds is 6. The molecule has 1 aliphatic heterocycles. The topological polar surface area (TPSA) is 77.1 Å². The number of nitrogens with zero attached hydrogens (tertiary/aromatic N) is 1. The highest BCUT2D eigenvalue weighted by Gasteiger charge is 2.41. The van der Waals surface area contributed by atoms with Crippen LogP contribution < -0.4 is 14.8 Å². The van der Waals surface area contributed by atoms with E-state index in [0.29, 0.717) is 28.3 Å². The quantitative estimate of drug-likeness (QED) is 0.589. The Balaban J connectivity index is 2.76. The van der Waals surface area contributed by atoms with Gasteiger partial charge in [0.2, 0.25) is 5.91 Å². The molecule has 0 spiro atoms. The molecule has 1 N–H and O–H groups in total. The van der Waals surface area contributed by atoms with Gasteiger partial charge in [0.05, 0.1) is 26.4 Å². The van der Waals surface area contributed by atoms with Crippen molar-refractivity contribution in [2.24, 2.45) is 0 Å². The number of esters is 1. The monoisotopic (exact) mass is 392 g/mol. The van der Waals surface area contributed by atoms with Crippen molar-refractivity contribution < 1.29 is 23.8 Å². The zero-order valence-corrected chi connectivity index (χ0v) is 16.9. The highest BCUT2D eigenvalue weighted by atomic mass is 32.1. The van der Waals surface area contributed by atoms with E-state index in [4.69, 9.17) is 26.4 Å². The molecule has 1 unspecified atom stereocenters. The zero-order chi connectivity index (χ0) is 20.1. The van der Waals surface area contributed by atoms with E-state index < -0.39 is 12.0 Å². The average Bonchev–Trinajstić information content (AvgIpc) is 2.66. The summed E-state index contributed by atoms with van der Waals surface area (Å²) in [4.78, 5) is 26.8. The molecule has 0 bridgehead atoms. The molecule has 2 rings (SSSR count). The first kappa shape index (κ1) is 20.7. The average molecular weight is 392 g/mol. The Kier molecular flexibility index (Phi) is 6.79. The standard InChI is InChI=1S/C19H24N2O5S/c1-6-15(22)21-17(13-10-12(24-4)8-9-14(13)25-5)16(18(23)26-7-2)11(3)20-19(21)27/h8-10,17H,6-7H2,1-5H3,(H,20,27). The molecule has 0 saturated carbocycles. The number of hydrogen-bond acceptors (Lipinski definition) is 6. The van der Waals surface area contributed by atoms with Gasteiger partial charge in [-0.2, -0.15) is 0 Å². The van der Waals surface area contributed by atoms with Crippen molar-refractivity contribution >= 4 is 29.2 Å². The maximum Gasteiger partial charge on any atom is 0.338 e. The van der Waals surface area contributed by atoms with Crippen LogP contribution in [0.15, 0.2) is 29.5 Å². The molecule has 0 fully saturated rings. The van der Waals surface area contributed by atoms with Crippen LogP contribution in [0.5, 0.6) is 11.5 Å². The van der Waals surface area contributed by atoms with Gasteiger partial charge in [0.25, 0.3) is 0 Å². The molecular formula is C19H24N2O5S. The Morgan fingerprint density at radius 3 is 2.48 bits per heavy atom. The summed E-state index contributed by atoms with van der Waals surface area (Å²) in [5.41, 5.74) is 1.43. The second kappa shape index (κ2) is 8.85. The van der Waals surface area contributed by atoms with Crippen LogP contribution in [-0.4, -0.2) is 42.7 Å². The first-order valence-corrected chi connectivity index (χ1v) is 9.03. The molecule has 1 aromatic carbocycles. The summed E-state index contributed by atoms with van der Waals surface area (Å²) in [7, 11) is 3.07. The number of hydrogen-bond donors (Lipinski definition) is 1. The molecule has 0 saturated heterocycles. The molecule has 1 aliphatic rings. The highest BCUT2D eigenvalue weighted by molar-refractivity contribution is 7.80. The predicted octanol–water partition coefficient (Wildman–Crippen LogP) is 2.71. The summed E-state index contributed by atoms with van der Waals surface area (Å²) in [6, 6.07) is 4.43. The van der Waals surface area contributed by atoms with E-state index in [9.17, 15) is 9.59 Å². The molecular weight excluding hydrogens is 368 g/mol. The number of benzene rings is 1. The lowest BCUT2D eigenvalue weighted by atomic mass is 9.92. The van der Waals surface area contributed by atoms with Crippen LogP contribution in [-0.2, 0) is 14.3 Å². The number of carbonyl (C=O) groups is 2. The van der Waals surface area contributed by atoms with Crippen LogP contribution in [0.1, 0.15) is 38.8 Å². The molecule has 1 heterocycles. The number of amides is 1. The van der Waals surface area contributed by atoms with Crippen molar-refractivity contribution in [1.82, 2.24) is 10.2 Å². The Morgan fingerprint density at radius 1 is 1.22 bits per heavy atom. The first-order valence-electron chi connectivity index (χ1n) is 8.62. The van der Waals surface area contributed by atoms with E-state index in [2.05, 4.69) is 5.32 Å². The van der Waals surface area contributed by atoms with E-state index in [1.165, 1.54) is 12.0 Å². The summed E-state index contributed by atoms with van der Waals surface area (Å²) >= 11 is 5.40. The number of thiocarbonyl (C=S) groups is 1. The number of nitrogens with one attached hydrogen (secondary N) is 1. The lowest BCUT2D eigenvalue weighted by Gasteiger charge is -2.38. The molecule has 7 nitrogen and oxygen atoms in total. The smallest absolute Gasteiger partial charge is 0.338 e. The van der Waals surface area contributed by atoms with E-state index in [1.54, 1.807) is 46.1 Å². The van der Waals surface area contributed by atoms with Gasteiger partial charge in [-0.25, -0.2) is 4.79 Å². The molecule has 1 amide bonds. The van der Waals surface area contributed by atoms with E-state index in [1.807, 2.05) is 0 Å². The van der Waals surface area contributed by atoms with Gasteiger partial charge < -0.3 is 19.5 Å². The molecule has 1 aromatic rings. The Hall–Kier alpha value is -2.61. The minimum Gasteiger partial charge on any atom is -0.497 e. The summed E-state index contributed by atoms with van der Waals surface area (Å²) in [5, 5.41) is 3.17. The molecule has 0 aliphatic carbocycles. The summed E-state index contributed by atoms with van der Waals surface area (Å²) in [6.07, 6.45) is 0.222. The number of ether oxygens (including phenoxy) is 3. The SMILES string of the molecule is CCOC(=O)C1=C(C)NC(=S)N(C(=O)CC)C1c1cc(OC)ccc1OC. The first-order chi connectivity index (χ1) is 12.9. The third-order valence-corrected chi connectivity index (χ3v) is 4.55. The normalized spacial score (nSPS) is 16.7. The fraction of sp³-hybridized carbons (Fsp3) is 0.421. The summed E-state index contributed by atoms with van der Waals surface area (Å²) < 4.78 is 16.1. The Morgan fingerprint density at radius 2 is 1.93 bits per heavy atom. The van der Waals surface area contributed by atoms with E-state index in [0.717, 1.165) is 0 Å². The third-order valence-electron chi connectivity index (χ3n) is 4.25. The fourth-order valence-corrected chi connectivity index (χ4v) is 3.35. The maximum atomic E-state index is 12.7. The lowest BCUT2D eigenvalue weighted by Crippen LogP contribution is -2.51. The summed E-state index contributed by atoms with van der Waals surface area (Å²) in [5.74, 6) is 0.333. The van der Waals surface area contributed by atoms with Crippen molar-refractivity contribution in [2.45, 2.75) is 33.2 Å². The predicted molar refractivity (Wildman–Crippen MR) is 104 cm³/mol. The fourth-order valence-electron chi connectivity index (χ4n) is 2.99. The Labute approximate surface area is 164 Å². The minimum absolute atomic E-state index is 0.212. The van der Waals surface area contributed by atoms with Crippen molar-refractivity contribution in [3.63, 3.8) is 0 Å². The van der Waals surface area contributed by atoms with Crippen LogP contribution in [0, 0.1) is 0 Å². The number of methoxy groups -OCH3 is 2. The van der Waals surface area contributed by atoms with Crippen molar-refractivity contribution in [2.75, 3.05) is 20.8 Å². The van der Waals surface area contributed by atoms with Crippen LogP contribution in [0.4, 0.5) is 0 Å². The van der Waals surface area contributed by atoms with Gasteiger partial charge in [-0.3, -0.25) is 9.69 Å². The second-order valence-electron chi connectivity index (χ2n) is 5.82. The van der Waals surface area contributed by atoms with Gasteiger partial charge in [-0.15, -0.1) is 0 Å². The molecule has 0 aromatic heterocycles. The van der Waals surface area contributed by atoms with Gasteiger partial charge in [0.15, 0.2) is 5.11 Å². The van der Waals surface area contributed by atoms with Crippen molar-refractivity contribution in [1.29, 1.82) is 0 Å². The van der Waals surface area contributed by atoms with Crippen LogP contribution in [0.25, 0.3) is 0 Å². The Bertz CT molecular complexity index is 790. The lowest BCUT2D eigenvalue weighted by molar-refractivity contribution is -0.139. The van der Waals surface area contributed by atoms with Gasteiger partial charge in [-0.05, 0) is 44.3 Å². The number of allylic oxidation sites excluding steroid dienone is 1. The maximum absolute atomic E-state index is 12.7.